The van der Waals surface area contributed by atoms with Crippen LogP contribution in [0.25, 0.3) is 0 Å². The zero-order chi connectivity index (χ0) is 18.9. The zero-order valence-corrected chi connectivity index (χ0v) is 14.6. The number of rotatable bonds is 8. The molecule has 2 rings (SSSR count). The van der Waals surface area contributed by atoms with Crippen molar-refractivity contribution in [2.45, 2.75) is 13.8 Å². The van der Waals surface area contributed by atoms with Gasteiger partial charge in [0.15, 0.2) is 0 Å². The monoisotopic (exact) mass is 354 g/mol. The summed E-state index contributed by atoms with van der Waals surface area (Å²) < 4.78 is 5.11. The van der Waals surface area contributed by atoms with Crippen molar-refractivity contribution in [1.82, 2.24) is 5.43 Å². The third-order valence-corrected chi connectivity index (χ3v) is 3.56. The van der Waals surface area contributed by atoms with Gasteiger partial charge in [-0.05, 0) is 37.1 Å². The SMILES string of the molecule is Cc1cccc(C)c1NCC(=O)N/N=C/c1ccccc1OCC(=O)[O-]. The number of anilines is 1. The van der Waals surface area contributed by atoms with Gasteiger partial charge < -0.3 is 20.0 Å². The van der Waals surface area contributed by atoms with Crippen LogP contribution in [0.3, 0.4) is 0 Å². The molecule has 136 valence electrons. The van der Waals surface area contributed by atoms with Crippen LogP contribution in [-0.4, -0.2) is 31.2 Å². The van der Waals surface area contributed by atoms with Crippen molar-refractivity contribution in [1.29, 1.82) is 0 Å². The first kappa shape index (κ1) is 19.0. The van der Waals surface area contributed by atoms with Gasteiger partial charge in [-0.3, -0.25) is 4.79 Å². The first-order chi connectivity index (χ1) is 12.5. The Bertz CT molecular complexity index is 798. The second kappa shape index (κ2) is 9.22. The lowest BCUT2D eigenvalue weighted by atomic mass is 10.1. The van der Waals surface area contributed by atoms with Gasteiger partial charge in [0, 0.05) is 11.3 Å². The maximum Gasteiger partial charge on any atom is 0.259 e. The number of aliphatic carboxylic acids is 1. The van der Waals surface area contributed by atoms with Crippen LogP contribution in [0.4, 0.5) is 5.69 Å². The minimum Gasteiger partial charge on any atom is -0.546 e. The number of hydrogen-bond donors (Lipinski definition) is 2. The summed E-state index contributed by atoms with van der Waals surface area (Å²) in [6.07, 6.45) is 1.39. The van der Waals surface area contributed by atoms with E-state index in [0.717, 1.165) is 16.8 Å². The van der Waals surface area contributed by atoms with Crippen molar-refractivity contribution >= 4 is 23.8 Å². The summed E-state index contributed by atoms with van der Waals surface area (Å²) in [6, 6.07) is 12.6. The Morgan fingerprint density at radius 2 is 1.81 bits per heavy atom. The number of carbonyl (C=O) groups is 2. The molecule has 0 saturated carbocycles. The van der Waals surface area contributed by atoms with Crippen molar-refractivity contribution < 1.29 is 19.4 Å². The summed E-state index contributed by atoms with van der Waals surface area (Å²) in [6.45, 7) is 3.45. The lowest BCUT2D eigenvalue weighted by Gasteiger charge is -2.11. The molecule has 0 atom stereocenters. The van der Waals surface area contributed by atoms with Gasteiger partial charge in [0.1, 0.15) is 12.4 Å². The third kappa shape index (κ3) is 5.62. The molecule has 0 bridgehead atoms. The van der Waals surface area contributed by atoms with Crippen molar-refractivity contribution in [3.05, 3.63) is 59.2 Å². The number of ether oxygens (including phenoxy) is 1. The number of nitrogens with one attached hydrogen (secondary N) is 2. The fourth-order valence-electron chi connectivity index (χ4n) is 2.33. The van der Waals surface area contributed by atoms with E-state index < -0.39 is 12.6 Å². The molecule has 2 N–H and O–H groups in total. The van der Waals surface area contributed by atoms with E-state index in [2.05, 4.69) is 15.8 Å². The molecule has 0 aliphatic heterocycles. The highest BCUT2D eigenvalue weighted by Crippen LogP contribution is 2.18. The summed E-state index contributed by atoms with van der Waals surface area (Å²) in [5, 5.41) is 17.5. The summed E-state index contributed by atoms with van der Waals surface area (Å²) in [5.74, 6) is -1.29. The Kier molecular flexibility index (Phi) is 6.73. The van der Waals surface area contributed by atoms with Crippen molar-refractivity contribution in [2.24, 2.45) is 5.10 Å². The molecule has 0 fully saturated rings. The number of hydrogen-bond acceptors (Lipinski definition) is 6. The van der Waals surface area contributed by atoms with Gasteiger partial charge in [-0.25, -0.2) is 5.43 Å². The molecule has 0 unspecified atom stereocenters. The molecule has 0 aliphatic carbocycles. The molecule has 0 spiro atoms. The number of aryl methyl sites for hydroxylation is 2. The maximum atomic E-state index is 11.9. The second-order valence-electron chi connectivity index (χ2n) is 5.61. The number of benzene rings is 2. The molecule has 7 heteroatoms. The van der Waals surface area contributed by atoms with Crippen molar-refractivity contribution in [3.63, 3.8) is 0 Å². The smallest absolute Gasteiger partial charge is 0.259 e. The standard InChI is InChI=1S/C19H21N3O4/c1-13-6-5-7-14(2)19(13)20-11-17(23)22-21-10-15-8-3-4-9-16(15)26-12-18(24)25/h3-10,20H,11-12H2,1-2H3,(H,22,23)(H,24,25)/p-1/b21-10+. The van der Waals surface area contributed by atoms with Crippen LogP contribution in [0.1, 0.15) is 16.7 Å². The van der Waals surface area contributed by atoms with Gasteiger partial charge in [-0.1, -0.05) is 30.3 Å². The molecule has 26 heavy (non-hydrogen) atoms. The van der Waals surface area contributed by atoms with Crippen LogP contribution in [-0.2, 0) is 9.59 Å². The number of hydrazone groups is 1. The fraction of sp³-hybridized carbons (Fsp3) is 0.211. The Labute approximate surface area is 151 Å². The largest absolute Gasteiger partial charge is 0.546 e. The normalized spacial score (nSPS) is 10.5. The quantitative estimate of drug-likeness (QED) is 0.544. The van der Waals surface area contributed by atoms with E-state index >= 15 is 0 Å². The van der Waals surface area contributed by atoms with Gasteiger partial charge in [0.05, 0.1) is 18.7 Å². The van der Waals surface area contributed by atoms with Crippen molar-refractivity contribution in [2.75, 3.05) is 18.5 Å². The summed E-state index contributed by atoms with van der Waals surface area (Å²) >= 11 is 0. The molecule has 2 aromatic rings. The lowest BCUT2D eigenvalue weighted by molar-refractivity contribution is -0.307. The number of para-hydroxylation sites is 2. The van der Waals surface area contributed by atoms with Crippen LogP contribution in [0.5, 0.6) is 5.75 Å². The average Bonchev–Trinajstić information content (AvgIpc) is 2.60. The number of carbonyl (C=O) groups excluding carboxylic acids is 2. The summed E-state index contributed by atoms with van der Waals surface area (Å²) in [7, 11) is 0. The third-order valence-electron chi connectivity index (χ3n) is 3.56. The van der Waals surface area contributed by atoms with Crippen LogP contribution >= 0.6 is 0 Å². The van der Waals surface area contributed by atoms with E-state index in [1.54, 1.807) is 24.3 Å². The van der Waals surface area contributed by atoms with E-state index in [9.17, 15) is 14.7 Å². The Morgan fingerprint density at radius 1 is 1.12 bits per heavy atom. The first-order valence-corrected chi connectivity index (χ1v) is 8.01. The van der Waals surface area contributed by atoms with Crippen LogP contribution in [0, 0.1) is 13.8 Å². The van der Waals surface area contributed by atoms with E-state index in [1.807, 2.05) is 32.0 Å². The molecule has 2 aromatic carbocycles. The zero-order valence-electron chi connectivity index (χ0n) is 14.6. The highest BCUT2D eigenvalue weighted by molar-refractivity contribution is 5.86. The van der Waals surface area contributed by atoms with E-state index in [1.165, 1.54) is 6.21 Å². The number of carboxylic acids is 1. The molecule has 0 radical (unpaired) electrons. The molecular formula is C19H20N3O4-. The predicted molar refractivity (Wildman–Crippen MR) is 97.1 cm³/mol. The number of amides is 1. The van der Waals surface area contributed by atoms with Gasteiger partial charge in [0.2, 0.25) is 0 Å². The minimum atomic E-state index is -1.32. The van der Waals surface area contributed by atoms with Gasteiger partial charge in [-0.2, -0.15) is 5.10 Å². The Hall–Kier alpha value is -3.35. The molecule has 0 aromatic heterocycles. The molecule has 0 heterocycles. The van der Waals surface area contributed by atoms with Crippen LogP contribution in [0.15, 0.2) is 47.6 Å². The second-order valence-corrected chi connectivity index (χ2v) is 5.61. The predicted octanol–water partition coefficient (Wildman–Crippen LogP) is 0.994. The first-order valence-electron chi connectivity index (χ1n) is 8.01. The van der Waals surface area contributed by atoms with Crippen molar-refractivity contribution in [3.8, 4) is 5.75 Å². The minimum absolute atomic E-state index is 0.0753. The van der Waals surface area contributed by atoms with Gasteiger partial charge >= 0.3 is 0 Å². The molecular weight excluding hydrogens is 334 g/mol. The van der Waals surface area contributed by atoms with Gasteiger partial charge in [-0.15, -0.1) is 0 Å². The average molecular weight is 354 g/mol. The van der Waals surface area contributed by atoms with E-state index in [-0.39, 0.29) is 12.5 Å². The highest BCUT2D eigenvalue weighted by atomic mass is 16.5. The Morgan fingerprint density at radius 3 is 2.50 bits per heavy atom. The number of carboxylic acid groups (broad SMARTS) is 1. The molecule has 1 amide bonds. The van der Waals surface area contributed by atoms with Crippen LogP contribution in [0.2, 0.25) is 0 Å². The summed E-state index contributed by atoms with van der Waals surface area (Å²) in [5.41, 5.74) is 5.99. The molecule has 0 aliphatic rings. The molecule has 7 nitrogen and oxygen atoms in total. The maximum absolute atomic E-state index is 11.9. The fourth-order valence-corrected chi connectivity index (χ4v) is 2.33. The lowest BCUT2D eigenvalue weighted by Crippen LogP contribution is -2.29. The Balaban J connectivity index is 1.90. The summed E-state index contributed by atoms with van der Waals surface area (Å²) in [4.78, 5) is 22.4. The highest BCUT2D eigenvalue weighted by Gasteiger charge is 2.05. The van der Waals surface area contributed by atoms with E-state index in [0.29, 0.717) is 11.3 Å². The topological polar surface area (TPSA) is 103 Å². The molecule has 0 saturated heterocycles. The number of nitrogens with zero attached hydrogens (tertiary/aromatic N) is 1. The van der Waals surface area contributed by atoms with Crippen LogP contribution < -0.4 is 20.6 Å². The van der Waals surface area contributed by atoms with Gasteiger partial charge in [0.25, 0.3) is 5.91 Å². The van der Waals surface area contributed by atoms with E-state index in [4.69, 9.17) is 4.74 Å².